The van der Waals surface area contributed by atoms with E-state index in [-0.39, 0.29) is 6.54 Å². The quantitative estimate of drug-likeness (QED) is 0.669. The summed E-state index contributed by atoms with van der Waals surface area (Å²) >= 11 is 0. The van der Waals surface area contributed by atoms with E-state index in [1.165, 1.54) is 33.3 Å². The van der Waals surface area contributed by atoms with Crippen molar-refractivity contribution in [1.82, 2.24) is 5.32 Å². The van der Waals surface area contributed by atoms with Crippen molar-refractivity contribution in [3.05, 3.63) is 0 Å². The summed E-state index contributed by atoms with van der Waals surface area (Å²) in [5.41, 5.74) is -1.03. The molecule has 2 N–H and O–H groups in total. The Balaban J connectivity index is 2.31. The van der Waals surface area contributed by atoms with Crippen LogP contribution < -0.4 is 5.32 Å². The number of hydrogen-bond donors (Lipinski definition) is 2. The first kappa shape index (κ1) is 13.5. The second kappa shape index (κ2) is 5.15. The zero-order chi connectivity index (χ0) is 12.2. The minimum absolute atomic E-state index is 0.251. The van der Waals surface area contributed by atoms with Crippen LogP contribution in [-0.2, 0) is 9.53 Å². The van der Waals surface area contributed by atoms with Gasteiger partial charge in [0.05, 0.1) is 7.11 Å². The van der Waals surface area contributed by atoms with Crippen molar-refractivity contribution in [1.29, 1.82) is 0 Å². The number of aliphatic hydroxyl groups is 1. The molecule has 94 valence electrons. The topological polar surface area (TPSA) is 58.6 Å². The third kappa shape index (κ3) is 2.95. The maximum atomic E-state index is 11.2. The van der Waals surface area contributed by atoms with E-state index in [2.05, 4.69) is 17.0 Å². The summed E-state index contributed by atoms with van der Waals surface area (Å²) < 4.78 is 4.54. The van der Waals surface area contributed by atoms with Crippen LogP contribution in [0.15, 0.2) is 0 Å². The van der Waals surface area contributed by atoms with Gasteiger partial charge in [-0.2, -0.15) is 0 Å². The first-order chi connectivity index (χ1) is 7.46. The highest BCUT2D eigenvalue weighted by atomic mass is 16.5. The van der Waals surface area contributed by atoms with Crippen molar-refractivity contribution in [2.24, 2.45) is 5.41 Å². The van der Waals surface area contributed by atoms with Crippen molar-refractivity contribution in [2.45, 2.75) is 45.1 Å². The number of carbonyl (C=O) groups is 1. The highest BCUT2D eigenvalue weighted by Gasteiger charge is 2.36. The number of carbonyl (C=O) groups excluding carboxylic acids is 1. The second-order valence-electron chi connectivity index (χ2n) is 5.08. The molecule has 4 nitrogen and oxygen atoms in total. The van der Waals surface area contributed by atoms with Gasteiger partial charge >= 0.3 is 5.97 Å². The van der Waals surface area contributed by atoms with Crippen LogP contribution in [0.25, 0.3) is 0 Å². The zero-order valence-electron chi connectivity index (χ0n) is 10.5. The summed E-state index contributed by atoms with van der Waals surface area (Å²) in [6.45, 7) is 4.79. The van der Waals surface area contributed by atoms with E-state index in [4.69, 9.17) is 0 Å². The van der Waals surface area contributed by atoms with Gasteiger partial charge in [-0.3, -0.25) is 0 Å². The Kier molecular flexibility index (Phi) is 4.33. The Bertz CT molecular complexity index is 241. The molecule has 1 aliphatic rings. The molecule has 0 bridgehead atoms. The molecule has 1 atom stereocenters. The largest absolute Gasteiger partial charge is 0.467 e. The SMILES string of the molecule is CCC1(CNCC(C)(O)C(=O)OC)CCC1. The van der Waals surface area contributed by atoms with Crippen molar-refractivity contribution in [2.75, 3.05) is 20.2 Å². The zero-order valence-corrected chi connectivity index (χ0v) is 10.5. The fraction of sp³-hybridized carbons (Fsp3) is 0.917. The Labute approximate surface area is 97.4 Å². The van der Waals surface area contributed by atoms with E-state index in [0.717, 1.165) is 13.0 Å². The molecule has 0 heterocycles. The van der Waals surface area contributed by atoms with Gasteiger partial charge in [0.2, 0.25) is 0 Å². The van der Waals surface area contributed by atoms with Crippen LogP contribution in [-0.4, -0.2) is 36.9 Å². The normalized spacial score (nSPS) is 22.0. The van der Waals surface area contributed by atoms with Crippen LogP contribution in [0.2, 0.25) is 0 Å². The smallest absolute Gasteiger partial charge is 0.338 e. The molecule has 0 amide bonds. The molecule has 0 radical (unpaired) electrons. The lowest BCUT2D eigenvalue weighted by atomic mass is 9.67. The van der Waals surface area contributed by atoms with Crippen molar-refractivity contribution >= 4 is 5.97 Å². The molecule has 1 rings (SSSR count). The maximum absolute atomic E-state index is 11.2. The summed E-state index contributed by atoms with van der Waals surface area (Å²) in [5.74, 6) is -0.584. The molecule has 0 saturated heterocycles. The number of esters is 1. The van der Waals surface area contributed by atoms with Crippen LogP contribution in [0, 0.1) is 5.41 Å². The molecular weight excluding hydrogens is 206 g/mol. The van der Waals surface area contributed by atoms with Crippen LogP contribution in [0.5, 0.6) is 0 Å². The van der Waals surface area contributed by atoms with Gasteiger partial charge in [0.25, 0.3) is 0 Å². The maximum Gasteiger partial charge on any atom is 0.338 e. The summed E-state index contributed by atoms with van der Waals surface area (Å²) in [6.07, 6.45) is 4.94. The number of hydrogen-bond acceptors (Lipinski definition) is 4. The molecule has 0 spiro atoms. The molecule has 1 fully saturated rings. The van der Waals surface area contributed by atoms with Crippen molar-refractivity contribution in [3.63, 3.8) is 0 Å². The molecule has 0 aliphatic heterocycles. The lowest BCUT2D eigenvalue weighted by Gasteiger charge is -2.42. The minimum Gasteiger partial charge on any atom is -0.467 e. The number of rotatable bonds is 6. The minimum atomic E-state index is -1.42. The molecule has 1 aliphatic carbocycles. The Hall–Kier alpha value is -0.610. The van der Waals surface area contributed by atoms with Gasteiger partial charge in [-0.25, -0.2) is 4.79 Å². The van der Waals surface area contributed by atoms with Crippen LogP contribution in [0.1, 0.15) is 39.5 Å². The average molecular weight is 229 g/mol. The molecule has 0 aromatic rings. The van der Waals surface area contributed by atoms with Crippen molar-refractivity contribution < 1.29 is 14.6 Å². The lowest BCUT2D eigenvalue weighted by Crippen LogP contribution is -2.49. The van der Waals surface area contributed by atoms with Crippen LogP contribution in [0.4, 0.5) is 0 Å². The van der Waals surface area contributed by atoms with Gasteiger partial charge in [-0.05, 0) is 31.6 Å². The fourth-order valence-electron chi connectivity index (χ4n) is 2.20. The summed E-state index contributed by atoms with van der Waals surface area (Å²) in [7, 11) is 1.29. The molecule has 0 aromatic carbocycles. The number of nitrogens with one attached hydrogen (secondary N) is 1. The second-order valence-corrected chi connectivity index (χ2v) is 5.08. The molecule has 16 heavy (non-hydrogen) atoms. The lowest BCUT2D eigenvalue weighted by molar-refractivity contribution is -0.160. The third-order valence-electron chi connectivity index (χ3n) is 3.76. The highest BCUT2D eigenvalue weighted by molar-refractivity contribution is 5.78. The van der Waals surface area contributed by atoms with Gasteiger partial charge in [0, 0.05) is 13.1 Å². The molecule has 1 saturated carbocycles. The van der Waals surface area contributed by atoms with Gasteiger partial charge < -0.3 is 15.2 Å². The molecule has 4 heteroatoms. The van der Waals surface area contributed by atoms with Gasteiger partial charge in [0.15, 0.2) is 5.60 Å². The Morgan fingerprint density at radius 3 is 2.56 bits per heavy atom. The molecule has 0 aromatic heterocycles. The van der Waals surface area contributed by atoms with E-state index in [0.29, 0.717) is 5.41 Å². The van der Waals surface area contributed by atoms with E-state index in [9.17, 15) is 9.90 Å². The van der Waals surface area contributed by atoms with Crippen molar-refractivity contribution in [3.8, 4) is 0 Å². The van der Waals surface area contributed by atoms with E-state index >= 15 is 0 Å². The summed E-state index contributed by atoms with van der Waals surface area (Å²) in [6, 6.07) is 0. The van der Waals surface area contributed by atoms with E-state index < -0.39 is 11.6 Å². The van der Waals surface area contributed by atoms with E-state index in [1.54, 1.807) is 0 Å². The van der Waals surface area contributed by atoms with Gasteiger partial charge in [-0.15, -0.1) is 0 Å². The first-order valence-electron chi connectivity index (χ1n) is 5.97. The van der Waals surface area contributed by atoms with E-state index in [1.807, 2.05) is 0 Å². The first-order valence-corrected chi connectivity index (χ1v) is 5.97. The average Bonchev–Trinajstić information content (AvgIpc) is 2.20. The number of ether oxygens (including phenoxy) is 1. The monoisotopic (exact) mass is 229 g/mol. The molecule has 1 unspecified atom stereocenters. The van der Waals surface area contributed by atoms with Gasteiger partial charge in [0.1, 0.15) is 0 Å². The molecular formula is C12H23NO3. The highest BCUT2D eigenvalue weighted by Crippen LogP contribution is 2.43. The standard InChI is InChI=1S/C12H23NO3/c1-4-12(6-5-7-12)9-13-8-11(2,15)10(14)16-3/h13,15H,4-9H2,1-3H3. The Morgan fingerprint density at radius 1 is 1.56 bits per heavy atom. The van der Waals surface area contributed by atoms with Crippen LogP contribution >= 0.6 is 0 Å². The predicted octanol–water partition coefficient (Wildman–Crippen LogP) is 1.08. The summed E-state index contributed by atoms with van der Waals surface area (Å²) in [5, 5.41) is 13.0. The third-order valence-corrected chi connectivity index (χ3v) is 3.76. The Morgan fingerprint density at radius 2 is 2.19 bits per heavy atom. The summed E-state index contributed by atoms with van der Waals surface area (Å²) in [4.78, 5) is 11.2. The van der Waals surface area contributed by atoms with Gasteiger partial charge in [-0.1, -0.05) is 13.3 Å². The van der Waals surface area contributed by atoms with Crippen LogP contribution in [0.3, 0.4) is 0 Å². The fourth-order valence-corrected chi connectivity index (χ4v) is 2.20. The predicted molar refractivity (Wildman–Crippen MR) is 62.1 cm³/mol. The number of methoxy groups -OCH3 is 1.